The molecule has 4 rings (SSSR count). The Morgan fingerprint density at radius 3 is 3.05 bits per heavy atom. The predicted molar refractivity (Wildman–Crippen MR) is 80.8 cm³/mol. The van der Waals surface area contributed by atoms with E-state index in [2.05, 4.69) is 28.6 Å². The second-order valence-electron chi connectivity index (χ2n) is 6.82. The minimum absolute atomic E-state index is 0.180. The van der Waals surface area contributed by atoms with Crippen molar-refractivity contribution >= 4 is 17.2 Å². The lowest BCUT2D eigenvalue weighted by Crippen LogP contribution is -2.48. The number of hydrogen-bond acceptors (Lipinski definition) is 3. The fraction of sp³-hybridized carbons (Fsp3) is 0.688. The Balaban J connectivity index is 1.66. The minimum Gasteiger partial charge on any atom is -0.334 e. The van der Waals surface area contributed by atoms with E-state index in [1.54, 1.807) is 0 Å². The molecule has 1 aliphatic carbocycles. The number of nitrogens with one attached hydrogen (secondary N) is 1. The Kier molecular flexibility index (Phi) is 2.93. The highest BCUT2D eigenvalue weighted by molar-refractivity contribution is 7.10. The summed E-state index contributed by atoms with van der Waals surface area (Å²) in [6, 6.07) is 2.63. The van der Waals surface area contributed by atoms with Gasteiger partial charge in [-0.25, -0.2) is 0 Å². The molecule has 1 saturated carbocycles. The molecule has 3 nitrogen and oxygen atoms in total. The van der Waals surface area contributed by atoms with Crippen molar-refractivity contribution in [3.05, 3.63) is 21.9 Å². The van der Waals surface area contributed by atoms with Gasteiger partial charge in [-0.1, -0.05) is 0 Å². The van der Waals surface area contributed by atoms with Crippen LogP contribution < -0.4 is 5.32 Å². The molecule has 1 amide bonds. The zero-order valence-electron chi connectivity index (χ0n) is 12.0. The van der Waals surface area contributed by atoms with Gasteiger partial charge < -0.3 is 10.2 Å². The first kappa shape index (κ1) is 12.8. The molecule has 3 aliphatic rings. The number of thiophene rings is 1. The van der Waals surface area contributed by atoms with Crippen LogP contribution in [0, 0.1) is 11.3 Å². The van der Waals surface area contributed by atoms with E-state index in [9.17, 15) is 4.79 Å². The van der Waals surface area contributed by atoms with Gasteiger partial charge in [-0.3, -0.25) is 4.79 Å². The van der Waals surface area contributed by atoms with Crippen LogP contribution in [0.5, 0.6) is 0 Å². The topological polar surface area (TPSA) is 32.3 Å². The monoisotopic (exact) mass is 290 g/mol. The molecule has 2 unspecified atom stereocenters. The number of nitrogens with zero attached hydrogens (tertiary/aromatic N) is 1. The minimum atomic E-state index is -0.180. The van der Waals surface area contributed by atoms with Crippen LogP contribution in [0.2, 0.25) is 0 Å². The molecule has 0 radical (unpaired) electrons. The number of carbonyl (C=O) groups is 1. The molecule has 2 aliphatic heterocycles. The van der Waals surface area contributed by atoms with Gasteiger partial charge in [-0.15, -0.1) is 11.3 Å². The number of carbonyl (C=O) groups excluding carboxylic acids is 1. The van der Waals surface area contributed by atoms with E-state index in [1.807, 2.05) is 11.3 Å². The molecule has 3 heterocycles. The maximum absolute atomic E-state index is 13.1. The highest BCUT2D eigenvalue weighted by Crippen LogP contribution is 2.49. The van der Waals surface area contributed by atoms with E-state index in [-0.39, 0.29) is 5.41 Å². The quantitative estimate of drug-likeness (QED) is 0.908. The Bertz CT molecular complexity index is 528. The number of amides is 1. The van der Waals surface area contributed by atoms with Gasteiger partial charge >= 0.3 is 0 Å². The second kappa shape index (κ2) is 4.57. The smallest absolute Gasteiger partial charge is 0.230 e. The van der Waals surface area contributed by atoms with Crippen molar-refractivity contribution in [3.8, 4) is 0 Å². The van der Waals surface area contributed by atoms with E-state index in [4.69, 9.17) is 0 Å². The van der Waals surface area contributed by atoms with Gasteiger partial charge in [0.25, 0.3) is 0 Å². The van der Waals surface area contributed by atoms with Gasteiger partial charge in [-0.2, -0.15) is 0 Å². The fourth-order valence-electron chi connectivity index (χ4n) is 3.84. The third-order valence-electron chi connectivity index (χ3n) is 5.23. The summed E-state index contributed by atoms with van der Waals surface area (Å²) in [6.45, 7) is 4.88. The number of fused-ring (bicyclic) bond motifs is 1. The lowest BCUT2D eigenvalue weighted by molar-refractivity contribution is -0.143. The van der Waals surface area contributed by atoms with E-state index in [1.165, 1.54) is 23.3 Å². The van der Waals surface area contributed by atoms with Crippen molar-refractivity contribution in [1.29, 1.82) is 0 Å². The maximum Gasteiger partial charge on any atom is 0.230 e. The third-order valence-corrected chi connectivity index (χ3v) is 6.23. The molecule has 4 heteroatoms. The lowest BCUT2D eigenvalue weighted by atomic mass is 9.85. The van der Waals surface area contributed by atoms with Crippen LogP contribution in [0.4, 0.5) is 0 Å². The second-order valence-corrected chi connectivity index (χ2v) is 7.82. The number of hydrogen-bond donors (Lipinski definition) is 1. The molecule has 1 N–H and O–H groups in total. The molecule has 1 aromatic heterocycles. The summed E-state index contributed by atoms with van der Waals surface area (Å²) in [6.07, 6.45) is 4.61. The fourth-order valence-corrected chi connectivity index (χ4v) is 4.75. The first-order chi connectivity index (χ1) is 9.69. The zero-order chi connectivity index (χ0) is 13.7. The molecular formula is C16H22N2OS. The summed E-state index contributed by atoms with van der Waals surface area (Å²) in [5.41, 5.74) is 1.27. The molecule has 1 aromatic rings. The van der Waals surface area contributed by atoms with Crippen LogP contribution in [-0.2, 0) is 11.2 Å². The highest BCUT2D eigenvalue weighted by atomic mass is 32.1. The first-order valence-corrected chi connectivity index (χ1v) is 8.65. The molecule has 0 aromatic carbocycles. The summed E-state index contributed by atoms with van der Waals surface area (Å²) in [5, 5.41) is 5.56. The molecule has 0 bridgehead atoms. The average molecular weight is 290 g/mol. The Morgan fingerprint density at radius 2 is 2.35 bits per heavy atom. The summed E-state index contributed by atoms with van der Waals surface area (Å²) in [7, 11) is 0. The van der Waals surface area contributed by atoms with E-state index in [0.717, 1.165) is 32.5 Å². The normalized spacial score (nSPS) is 33.2. The molecule has 2 atom stereocenters. The van der Waals surface area contributed by atoms with E-state index < -0.39 is 0 Å². The summed E-state index contributed by atoms with van der Waals surface area (Å²) >= 11 is 1.87. The average Bonchev–Trinajstić information content (AvgIpc) is 3.00. The van der Waals surface area contributed by atoms with Crippen molar-refractivity contribution in [2.24, 2.45) is 11.3 Å². The SMILES string of the molecule is CC1(C(=O)N2CCc3sccc3C2C2CC2)CCNC1. The summed E-state index contributed by atoms with van der Waals surface area (Å²) < 4.78 is 0. The van der Waals surface area contributed by atoms with Crippen LogP contribution in [0.25, 0.3) is 0 Å². The van der Waals surface area contributed by atoms with Crippen LogP contribution in [0.3, 0.4) is 0 Å². The zero-order valence-corrected chi connectivity index (χ0v) is 12.8. The molecule has 20 heavy (non-hydrogen) atoms. The van der Waals surface area contributed by atoms with Crippen molar-refractivity contribution in [3.63, 3.8) is 0 Å². The van der Waals surface area contributed by atoms with Crippen molar-refractivity contribution < 1.29 is 4.79 Å². The lowest BCUT2D eigenvalue weighted by Gasteiger charge is -2.40. The van der Waals surface area contributed by atoms with Gasteiger partial charge in [0.05, 0.1) is 11.5 Å². The molecule has 108 valence electrons. The first-order valence-electron chi connectivity index (χ1n) is 7.77. The predicted octanol–water partition coefficient (Wildman–Crippen LogP) is 2.58. The van der Waals surface area contributed by atoms with Crippen LogP contribution in [0.15, 0.2) is 11.4 Å². The Morgan fingerprint density at radius 1 is 1.50 bits per heavy atom. The van der Waals surface area contributed by atoms with Crippen molar-refractivity contribution in [2.75, 3.05) is 19.6 Å². The Hall–Kier alpha value is -0.870. The van der Waals surface area contributed by atoms with E-state index >= 15 is 0 Å². The summed E-state index contributed by atoms with van der Waals surface area (Å²) in [4.78, 5) is 16.8. The molecule has 0 spiro atoms. The van der Waals surface area contributed by atoms with Crippen LogP contribution in [-0.4, -0.2) is 30.4 Å². The van der Waals surface area contributed by atoms with E-state index in [0.29, 0.717) is 17.9 Å². The number of rotatable bonds is 2. The summed E-state index contributed by atoms with van der Waals surface area (Å²) in [5.74, 6) is 1.10. The van der Waals surface area contributed by atoms with Gasteiger partial charge in [-0.05, 0) is 62.1 Å². The molecule has 2 fully saturated rings. The van der Waals surface area contributed by atoms with Gasteiger partial charge in [0.2, 0.25) is 5.91 Å². The van der Waals surface area contributed by atoms with Gasteiger partial charge in [0, 0.05) is 18.0 Å². The maximum atomic E-state index is 13.1. The third kappa shape index (κ3) is 1.92. The molecular weight excluding hydrogens is 268 g/mol. The van der Waals surface area contributed by atoms with Gasteiger partial charge in [0.15, 0.2) is 0 Å². The van der Waals surface area contributed by atoms with Gasteiger partial charge in [0.1, 0.15) is 0 Å². The Labute approximate surface area is 124 Å². The highest BCUT2D eigenvalue weighted by Gasteiger charge is 2.47. The largest absolute Gasteiger partial charge is 0.334 e. The van der Waals surface area contributed by atoms with Crippen molar-refractivity contribution in [2.45, 2.75) is 38.6 Å². The molecule has 1 saturated heterocycles. The van der Waals surface area contributed by atoms with Crippen LogP contribution in [0.1, 0.15) is 42.7 Å². The van der Waals surface area contributed by atoms with Crippen molar-refractivity contribution in [1.82, 2.24) is 10.2 Å². The van der Waals surface area contributed by atoms with Crippen LogP contribution >= 0.6 is 11.3 Å². The standard InChI is InChI=1S/C16H22N2OS/c1-16(6-7-17-10-16)15(19)18-8-4-13-12(5-9-20-13)14(18)11-2-3-11/h5,9,11,14,17H,2-4,6-8,10H2,1H3.